The second-order valence-corrected chi connectivity index (χ2v) is 5.97. The van der Waals surface area contributed by atoms with Gasteiger partial charge in [0, 0.05) is 23.0 Å². The maximum Gasteiger partial charge on any atom is 0.223 e. The van der Waals surface area contributed by atoms with Gasteiger partial charge in [-0.2, -0.15) is 0 Å². The average Bonchev–Trinajstić information content (AvgIpc) is 2.74. The van der Waals surface area contributed by atoms with E-state index >= 15 is 0 Å². The summed E-state index contributed by atoms with van der Waals surface area (Å²) in [5.41, 5.74) is 8.17. The van der Waals surface area contributed by atoms with E-state index in [2.05, 4.69) is 34.2 Å². The molecule has 3 nitrogen and oxygen atoms in total. The van der Waals surface area contributed by atoms with Crippen molar-refractivity contribution in [1.82, 2.24) is 5.32 Å². The highest BCUT2D eigenvalue weighted by Gasteiger charge is 2.27. The highest BCUT2D eigenvalue weighted by molar-refractivity contribution is 9.10. The minimum Gasteiger partial charge on any atom is -0.352 e. The molecule has 0 aliphatic heterocycles. The summed E-state index contributed by atoms with van der Waals surface area (Å²) >= 11 is 3.44. The number of rotatable bonds is 3. The van der Waals surface area contributed by atoms with Crippen molar-refractivity contribution in [1.29, 1.82) is 0 Å². The zero-order valence-corrected chi connectivity index (χ0v) is 13.4. The van der Waals surface area contributed by atoms with Crippen molar-refractivity contribution in [3.8, 4) is 0 Å². The van der Waals surface area contributed by atoms with Gasteiger partial charge >= 0.3 is 0 Å². The Labute approximate surface area is 128 Å². The number of hydrogen-bond acceptors (Lipinski definition) is 2. The zero-order valence-electron chi connectivity index (χ0n) is 11.0. The van der Waals surface area contributed by atoms with Crippen LogP contribution in [0.1, 0.15) is 30.4 Å². The molecule has 2 rings (SSSR count). The molecule has 106 valence electrons. The summed E-state index contributed by atoms with van der Waals surface area (Å²) in [6, 6.07) is 6.31. The monoisotopic (exact) mass is 346 g/mol. The molecular weight excluding hydrogens is 328 g/mol. The Morgan fingerprint density at radius 2 is 2.21 bits per heavy atom. The lowest BCUT2D eigenvalue weighted by Gasteiger charge is -2.12. The van der Waals surface area contributed by atoms with Crippen molar-refractivity contribution in [2.45, 2.75) is 38.8 Å². The molecule has 0 spiro atoms. The van der Waals surface area contributed by atoms with Crippen LogP contribution in [0.4, 0.5) is 0 Å². The van der Waals surface area contributed by atoms with Crippen LogP contribution in [-0.2, 0) is 11.3 Å². The molecular formula is C14H20BrClN2O. The summed E-state index contributed by atoms with van der Waals surface area (Å²) in [6.07, 6.45) is 2.72. The molecule has 1 aliphatic rings. The zero-order chi connectivity index (χ0) is 13.1. The van der Waals surface area contributed by atoms with E-state index in [1.807, 2.05) is 12.1 Å². The van der Waals surface area contributed by atoms with E-state index in [0.717, 1.165) is 29.3 Å². The topological polar surface area (TPSA) is 55.1 Å². The van der Waals surface area contributed by atoms with Gasteiger partial charge in [0.2, 0.25) is 5.91 Å². The van der Waals surface area contributed by atoms with Crippen molar-refractivity contribution in [2.24, 2.45) is 11.7 Å². The van der Waals surface area contributed by atoms with Crippen LogP contribution in [0, 0.1) is 12.8 Å². The average molecular weight is 348 g/mol. The third-order valence-electron chi connectivity index (χ3n) is 3.60. The number of halogens is 2. The molecule has 1 aliphatic carbocycles. The summed E-state index contributed by atoms with van der Waals surface area (Å²) in [6.45, 7) is 2.65. The summed E-state index contributed by atoms with van der Waals surface area (Å²) in [5, 5.41) is 3.01. The summed E-state index contributed by atoms with van der Waals surface area (Å²) in [5.74, 6) is 0.251. The molecule has 0 radical (unpaired) electrons. The number of nitrogens with two attached hydrogens (primary N) is 1. The molecule has 0 saturated heterocycles. The lowest BCUT2D eigenvalue weighted by Crippen LogP contribution is -2.30. The molecule has 19 heavy (non-hydrogen) atoms. The van der Waals surface area contributed by atoms with Gasteiger partial charge in [-0.15, -0.1) is 12.4 Å². The molecule has 2 unspecified atom stereocenters. The summed E-state index contributed by atoms with van der Waals surface area (Å²) in [4.78, 5) is 12.0. The highest BCUT2D eigenvalue weighted by atomic mass is 79.9. The van der Waals surface area contributed by atoms with Gasteiger partial charge in [0.25, 0.3) is 0 Å². The predicted octanol–water partition coefficient (Wildman–Crippen LogP) is 2.92. The SMILES string of the molecule is Cc1cc(Br)ccc1CNC(=O)C1CCC(N)C1.Cl. The quantitative estimate of drug-likeness (QED) is 0.883. The van der Waals surface area contributed by atoms with E-state index in [0.29, 0.717) is 6.54 Å². The van der Waals surface area contributed by atoms with Crippen molar-refractivity contribution >= 4 is 34.2 Å². The first kappa shape index (κ1) is 16.5. The second kappa shape index (κ2) is 7.27. The van der Waals surface area contributed by atoms with Crippen LogP contribution in [-0.4, -0.2) is 11.9 Å². The van der Waals surface area contributed by atoms with Gasteiger partial charge in [0.05, 0.1) is 0 Å². The maximum atomic E-state index is 12.0. The predicted molar refractivity (Wildman–Crippen MR) is 83.3 cm³/mol. The fraction of sp³-hybridized carbons (Fsp3) is 0.500. The fourth-order valence-electron chi connectivity index (χ4n) is 2.44. The van der Waals surface area contributed by atoms with Gasteiger partial charge in [-0.05, 0) is 49.4 Å². The lowest BCUT2D eigenvalue weighted by atomic mass is 10.1. The third-order valence-corrected chi connectivity index (χ3v) is 4.09. The molecule has 0 heterocycles. The van der Waals surface area contributed by atoms with Crippen LogP contribution in [0.5, 0.6) is 0 Å². The number of aryl methyl sites for hydroxylation is 1. The Balaban J connectivity index is 0.00000180. The van der Waals surface area contributed by atoms with Crippen molar-refractivity contribution in [3.63, 3.8) is 0 Å². The second-order valence-electron chi connectivity index (χ2n) is 5.06. The third kappa shape index (κ3) is 4.48. The van der Waals surface area contributed by atoms with Crippen molar-refractivity contribution in [3.05, 3.63) is 33.8 Å². The van der Waals surface area contributed by atoms with Crippen molar-refractivity contribution < 1.29 is 4.79 Å². The smallest absolute Gasteiger partial charge is 0.223 e. The van der Waals surface area contributed by atoms with Gasteiger partial charge in [-0.25, -0.2) is 0 Å². The molecule has 1 aromatic rings. The summed E-state index contributed by atoms with van der Waals surface area (Å²) < 4.78 is 1.07. The Hall–Kier alpha value is -0.580. The fourth-order valence-corrected chi connectivity index (χ4v) is 2.91. The normalized spacial score (nSPS) is 21.8. The van der Waals surface area contributed by atoms with Crippen LogP contribution < -0.4 is 11.1 Å². The first-order valence-electron chi connectivity index (χ1n) is 6.34. The van der Waals surface area contributed by atoms with Gasteiger partial charge < -0.3 is 11.1 Å². The molecule has 1 amide bonds. The van der Waals surface area contributed by atoms with Crippen LogP contribution in [0.25, 0.3) is 0 Å². The van der Waals surface area contributed by atoms with Crippen molar-refractivity contribution in [2.75, 3.05) is 0 Å². The van der Waals surface area contributed by atoms with Gasteiger partial charge in [0.1, 0.15) is 0 Å². The number of carbonyl (C=O) groups excluding carboxylic acids is 1. The first-order chi connectivity index (χ1) is 8.56. The Morgan fingerprint density at radius 3 is 2.79 bits per heavy atom. The van der Waals surface area contributed by atoms with E-state index in [1.165, 1.54) is 5.56 Å². The first-order valence-corrected chi connectivity index (χ1v) is 7.14. The van der Waals surface area contributed by atoms with E-state index in [9.17, 15) is 4.79 Å². The van der Waals surface area contributed by atoms with Gasteiger partial charge in [-0.1, -0.05) is 22.0 Å². The van der Waals surface area contributed by atoms with E-state index in [4.69, 9.17) is 5.73 Å². The molecule has 3 N–H and O–H groups in total. The van der Waals surface area contributed by atoms with E-state index in [1.54, 1.807) is 0 Å². The molecule has 0 aromatic heterocycles. The Bertz CT molecular complexity index is 453. The van der Waals surface area contributed by atoms with Crippen LogP contribution in [0.3, 0.4) is 0 Å². The number of hydrogen-bond donors (Lipinski definition) is 2. The molecule has 2 atom stereocenters. The lowest BCUT2D eigenvalue weighted by molar-refractivity contribution is -0.125. The van der Waals surface area contributed by atoms with Crippen LogP contribution >= 0.6 is 28.3 Å². The Kier molecular flexibility index (Phi) is 6.30. The molecule has 1 fully saturated rings. The maximum absolute atomic E-state index is 12.0. The van der Waals surface area contributed by atoms with Crippen LogP contribution in [0.15, 0.2) is 22.7 Å². The minimum absolute atomic E-state index is 0. The molecule has 1 saturated carbocycles. The number of nitrogens with one attached hydrogen (secondary N) is 1. The van der Waals surface area contributed by atoms with Gasteiger partial charge in [0.15, 0.2) is 0 Å². The highest BCUT2D eigenvalue weighted by Crippen LogP contribution is 2.24. The van der Waals surface area contributed by atoms with Crippen LogP contribution in [0.2, 0.25) is 0 Å². The summed E-state index contributed by atoms with van der Waals surface area (Å²) in [7, 11) is 0. The molecule has 1 aromatic carbocycles. The Morgan fingerprint density at radius 1 is 1.47 bits per heavy atom. The van der Waals surface area contributed by atoms with E-state index in [-0.39, 0.29) is 30.3 Å². The van der Waals surface area contributed by atoms with Gasteiger partial charge in [-0.3, -0.25) is 4.79 Å². The molecule has 5 heteroatoms. The number of amides is 1. The number of carbonyl (C=O) groups is 1. The standard InChI is InChI=1S/C14H19BrN2O.ClH/c1-9-6-12(15)4-2-11(9)8-17-14(18)10-3-5-13(16)7-10;/h2,4,6,10,13H,3,5,7-8,16H2,1H3,(H,17,18);1H. The van der Waals surface area contributed by atoms with E-state index < -0.39 is 0 Å². The molecule has 0 bridgehead atoms. The largest absolute Gasteiger partial charge is 0.352 e. The minimum atomic E-state index is 0. The number of benzene rings is 1.